The third-order valence-corrected chi connectivity index (χ3v) is 1.94. The number of carbonyl (C=O) groups is 2. The molecular formula is C9H12N2O2. The molecule has 0 amide bonds. The van der Waals surface area contributed by atoms with Crippen molar-refractivity contribution in [3.63, 3.8) is 0 Å². The van der Waals surface area contributed by atoms with E-state index in [2.05, 4.69) is 5.10 Å². The zero-order chi connectivity index (χ0) is 10.2. The molecule has 0 unspecified atom stereocenters. The third-order valence-electron chi connectivity index (χ3n) is 1.94. The zero-order valence-corrected chi connectivity index (χ0v) is 8.21. The molecule has 13 heavy (non-hydrogen) atoms. The Morgan fingerprint density at radius 2 is 1.77 bits per heavy atom. The van der Waals surface area contributed by atoms with Crippen molar-refractivity contribution in [3.8, 4) is 0 Å². The second kappa shape index (κ2) is 3.12. The molecule has 0 saturated heterocycles. The number of ketones is 1. The van der Waals surface area contributed by atoms with E-state index in [0.29, 0.717) is 17.0 Å². The molecule has 0 saturated carbocycles. The van der Waals surface area contributed by atoms with Gasteiger partial charge in [0.25, 0.3) is 0 Å². The second-order valence-corrected chi connectivity index (χ2v) is 3.03. The zero-order valence-electron chi connectivity index (χ0n) is 8.21. The van der Waals surface area contributed by atoms with E-state index < -0.39 is 0 Å². The number of rotatable bonds is 1. The van der Waals surface area contributed by atoms with Gasteiger partial charge in [0, 0.05) is 6.92 Å². The average molecular weight is 180 g/mol. The Labute approximate surface area is 76.6 Å². The van der Waals surface area contributed by atoms with Gasteiger partial charge in [-0.25, -0.2) is 4.68 Å². The van der Waals surface area contributed by atoms with Crippen molar-refractivity contribution >= 4 is 11.7 Å². The van der Waals surface area contributed by atoms with E-state index in [4.69, 9.17) is 0 Å². The summed E-state index contributed by atoms with van der Waals surface area (Å²) in [6.45, 7) is 6.34. The van der Waals surface area contributed by atoms with Crippen LogP contribution in [0.3, 0.4) is 0 Å². The van der Waals surface area contributed by atoms with Crippen molar-refractivity contribution in [3.05, 3.63) is 17.0 Å². The normalized spacial score (nSPS) is 10.2. The van der Waals surface area contributed by atoms with Gasteiger partial charge in [0.05, 0.1) is 17.0 Å². The fourth-order valence-electron chi connectivity index (χ4n) is 1.46. The van der Waals surface area contributed by atoms with E-state index in [0.717, 1.165) is 0 Å². The molecule has 70 valence electrons. The lowest BCUT2D eigenvalue weighted by Gasteiger charge is -1.97. The molecule has 4 nitrogen and oxygen atoms in total. The highest BCUT2D eigenvalue weighted by atomic mass is 16.2. The first-order chi connectivity index (χ1) is 5.95. The Balaban J connectivity index is 3.39. The number of Topliss-reactive ketones (excluding diaryl/α,β-unsaturated/α-hetero) is 1. The van der Waals surface area contributed by atoms with Gasteiger partial charge in [-0.1, -0.05) is 0 Å². The molecule has 1 aromatic rings. The summed E-state index contributed by atoms with van der Waals surface area (Å²) in [6.07, 6.45) is 0. The van der Waals surface area contributed by atoms with Gasteiger partial charge in [-0.05, 0) is 20.8 Å². The first-order valence-electron chi connectivity index (χ1n) is 4.03. The van der Waals surface area contributed by atoms with E-state index in [1.165, 1.54) is 18.5 Å². The maximum absolute atomic E-state index is 11.2. The summed E-state index contributed by atoms with van der Waals surface area (Å²) in [4.78, 5) is 22.2. The molecule has 1 heterocycles. The van der Waals surface area contributed by atoms with Crippen LogP contribution >= 0.6 is 0 Å². The van der Waals surface area contributed by atoms with E-state index in [1.807, 2.05) is 0 Å². The third kappa shape index (κ3) is 1.52. The Kier molecular flexibility index (Phi) is 2.32. The monoisotopic (exact) mass is 180 g/mol. The first kappa shape index (κ1) is 9.64. The van der Waals surface area contributed by atoms with Crippen LogP contribution < -0.4 is 0 Å². The van der Waals surface area contributed by atoms with Gasteiger partial charge < -0.3 is 0 Å². The van der Waals surface area contributed by atoms with E-state index in [1.54, 1.807) is 13.8 Å². The SMILES string of the molecule is CC(=O)c1c(C)nn(C(C)=O)c1C. The molecule has 1 aromatic heterocycles. The van der Waals surface area contributed by atoms with Crippen LogP contribution in [-0.4, -0.2) is 21.5 Å². The summed E-state index contributed by atoms with van der Waals surface area (Å²) >= 11 is 0. The van der Waals surface area contributed by atoms with Gasteiger partial charge >= 0.3 is 0 Å². The van der Waals surface area contributed by atoms with Crippen molar-refractivity contribution in [2.45, 2.75) is 27.7 Å². The van der Waals surface area contributed by atoms with E-state index in [-0.39, 0.29) is 11.7 Å². The minimum absolute atomic E-state index is 0.0532. The van der Waals surface area contributed by atoms with Crippen LogP contribution in [0, 0.1) is 13.8 Å². The van der Waals surface area contributed by atoms with Gasteiger partial charge in [0.2, 0.25) is 5.91 Å². The predicted molar refractivity (Wildman–Crippen MR) is 48.0 cm³/mol. The lowest BCUT2D eigenvalue weighted by Crippen LogP contribution is -2.10. The van der Waals surface area contributed by atoms with Crippen LogP contribution in [0.1, 0.15) is 40.4 Å². The number of hydrogen-bond donors (Lipinski definition) is 0. The molecule has 0 aliphatic carbocycles. The molecule has 0 spiro atoms. The number of hydrogen-bond acceptors (Lipinski definition) is 3. The maximum Gasteiger partial charge on any atom is 0.243 e. The Bertz CT molecular complexity index is 377. The standard InChI is InChI=1S/C9H12N2O2/c1-5-9(7(3)12)6(2)11(10-5)8(4)13/h1-4H3. The molecule has 4 heteroatoms. The molecule has 0 atom stereocenters. The van der Waals surface area contributed by atoms with E-state index in [9.17, 15) is 9.59 Å². The first-order valence-corrected chi connectivity index (χ1v) is 4.03. The van der Waals surface area contributed by atoms with Gasteiger partial charge in [-0.15, -0.1) is 0 Å². The smallest absolute Gasteiger partial charge is 0.243 e. The molecule has 0 radical (unpaired) electrons. The molecule has 0 aromatic carbocycles. The largest absolute Gasteiger partial charge is 0.294 e. The minimum Gasteiger partial charge on any atom is -0.294 e. The van der Waals surface area contributed by atoms with Gasteiger partial charge in [-0.2, -0.15) is 5.10 Å². The molecule has 1 rings (SSSR count). The molecule has 0 aliphatic rings. The summed E-state index contributed by atoms with van der Waals surface area (Å²) in [5, 5.41) is 3.98. The summed E-state index contributed by atoms with van der Waals surface area (Å²) in [5.41, 5.74) is 1.79. The van der Waals surface area contributed by atoms with Crippen LogP contribution in [-0.2, 0) is 0 Å². The lowest BCUT2D eigenvalue weighted by molar-refractivity contribution is 0.0918. The van der Waals surface area contributed by atoms with Gasteiger partial charge in [0.15, 0.2) is 5.78 Å². The van der Waals surface area contributed by atoms with Crippen LogP contribution in [0.15, 0.2) is 0 Å². The Morgan fingerprint density at radius 1 is 1.23 bits per heavy atom. The van der Waals surface area contributed by atoms with Crippen molar-refractivity contribution < 1.29 is 9.59 Å². The highest BCUT2D eigenvalue weighted by Gasteiger charge is 2.16. The van der Waals surface area contributed by atoms with Crippen LogP contribution in [0.5, 0.6) is 0 Å². The number of carbonyl (C=O) groups excluding carboxylic acids is 2. The van der Waals surface area contributed by atoms with Crippen molar-refractivity contribution in [2.24, 2.45) is 0 Å². The maximum atomic E-state index is 11.2. The van der Waals surface area contributed by atoms with Crippen molar-refractivity contribution in [2.75, 3.05) is 0 Å². The Hall–Kier alpha value is -1.45. The van der Waals surface area contributed by atoms with Crippen LogP contribution in [0.4, 0.5) is 0 Å². The fraction of sp³-hybridized carbons (Fsp3) is 0.444. The van der Waals surface area contributed by atoms with Gasteiger partial charge in [0.1, 0.15) is 0 Å². The molecule has 0 fully saturated rings. The quantitative estimate of drug-likeness (QED) is 0.613. The number of aryl methyl sites for hydroxylation is 1. The van der Waals surface area contributed by atoms with Crippen molar-refractivity contribution in [1.29, 1.82) is 0 Å². The molecule has 0 bridgehead atoms. The fourth-order valence-corrected chi connectivity index (χ4v) is 1.46. The molecular weight excluding hydrogens is 168 g/mol. The summed E-state index contributed by atoms with van der Waals surface area (Å²) < 4.78 is 1.26. The van der Waals surface area contributed by atoms with Gasteiger partial charge in [-0.3, -0.25) is 9.59 Å². The van der Waals surface area contributed by atoms with Crippen molar-refractivity contribution in [1.82, 2.24) is 9.78 Å². The van der Waals surface area contributed by atoms with Crippen LogP contribution in [0.25, 0.3) is 0 Å². The minimum atomic E-state index is -0.173. The molecule has 0 N–H and O–H groups in total. The average Bonchev–Trinajstić information content (AvgIpc) is 2.26. The highest BCUT2D eigenvalue weighted by molar-refractivity contribution is 5.97. The predicted octanol–water partition coefficient (Wildman–Crippen LogP) is 1.36. The second-order valence-electron chi connectivity index (χ2n) is 3.03. The highest BCUT2D eigenvalue weighted by Crippen LogP contribution is 2.13. The Morgan fingerprint density at radius 3 is 2.00 bits per heavy atom. The van der Waals surface area contributed by atoms with Crippen LogP contribution in [0.2, 0.25) is 0 Å². The summed E-state index contributed by atoms with van der Waals surface area (Å²) in [7, 11) is 0. The lowest BCUT2D eigenvalue weighted by atomic mass is 10.1. The number of aromatic nitrogens is 2. The number of nitrogens with zero attached hydrogens (tertiary/aromatic N) is 2. The topological polar surface area (TPSA) is 52.0 Å². The molecule has 0 aliphatic heterocycles. The van der Waals surface area contributed by atoms with E-state index >= 15 is 0 Å². The summed E-state index contributed by atoms with van der Waals surface area (Å²) in [6, 6.07) is 0. The summed E-state index contributed by atoms with van der Waals surface area (Å²) in [5.74, 6) is -0.226.